The topological polar surface area (TPSA) is 41.6 Å². The van der Waals surface area contributed by atoms with E-state index in [1.807, 2.05) is 13.0 Å². The molecule has 0 bridgehead atoms. The molecule has 1 aromatic heterocycles. The molecule has 0 amide bonds. The zero-order chi connectivity index (χ0) is 10.8. The van der Waals surface area contributed by atoms with Crippen molar-refractivity contribution in [3.63, 3.8) is 0 Å². The minimum atomic E-state index is -0.419. The quantitative estimate of drug-likeness (QED) is 0.709. The van der Waals surface area contributed by atoms with Crippen LogP contribution in [-0.4, -0.2) is 9.55 Å². The molecule has 0 aliphatic carbocycles. The molecule has 2 rings (SSSR count). The fourth-order valence-corrected chi connectivity index (χ4v) is 1.43. The molecule has 3 nitrogen and oxygen atoms in total. The molecule has 0 aliphatic heterocycles. The largest absolute Gasteiger partial charge is 0.304 e. The Morgan fingerprint density at radius 3 is 2.80 bits per heavy atom. The molecule has 0 N–H and O–H groups in total. The standard InChI is InChI=1S/C11H8FN3/c1-8-14-2-3-15(8)11-5-9(7-13)4-10(12)6-11/h2-6H,1H3. The third-order valence-electron chi connectivity index (χ3n) is 2.12. The maximum Gasteiger partial charge on any atom is 0.126 e. The number of aryl methyl sites for hydroxylation is 1. The second kappa shape index (κ2) is 3.54. The molecular formula is C11H8FN3. The summed E-state index contributed by atoms with van der Waals surface area (Å²) in [6.07, 6.45) is 3.36. The van der Waals surface area contributed by atoms with Crippen LogP contribution in [0, 0.1) is 24.1 Å². The van der Waals surface area contributed by atoms with E-state index in [9.17, 15) is 4.39 Å². The van der Waals surface area contributed by atoms with Gasteiger partial charge in [-0.1, -0.05) is 0 Å². The lowest BCUT2D eigenvalue weighted by Crippen LogP contribution is -1.97. The highest BCUT2D eigenvalue weighted by Gasteiger charge is 2.04. The van der Waals surface area contributed by atoms with E-state index in [4.69, 9.17) is 5.26 Å². The zero-order valence-corrected chi connectivity index (χ0v) is 8.11. The summed E-state index contributed by atoms with van der Waals surface area (Å²) < 4.78 is 14.9. The van der Waals surface area contributed by atoms with E-state index in [-0.39, 0.29) is 0 Å². The number of hydrogen-bond donors (Lipinski definition) is 0. The smallest absolute Gasteiger partial charge is 0.126 e. The first kappa shape index (κ1) is 9.41. The van der Waals surface area contributed by atoms with Crippen LogP contribution in [0.5, 0.6) is 0 Å². The lowest BCUT2D eigenvalue weighted by atomic mass is 10.2. The highest BCUT2D eigenvalue weighted by Crippen LogP contribution is 2.14. The van der Waals surface area contributed by atoms with E-state index in [0.29, 0.717) is 11.3 Å². The van der Waals surface area contributed by atoms with Gasteiger partial charge in [0.25, 0.3) is 0 Å². The summed E-state index contributed by atoms with van der Waals surface area (Å²) in [6, 6.07) is 6.11. The Morgan fingerprint density at radius 1 is 1.40 bits per heavy atom. The van der Waals surface area contributed by atoms with Gasteiger partial charge in [0.15, 0.2) is 0 Å². The highest BCUT2D eigenvalue weighted by atomic mass is 19.1. The molecule has 0 spiro atoms. The van der Waals surface area contributed by atoms with Gasteiger partial charge in [-0.3, -0.25) is 0 Å². The summed E-state index contributed by atoms with van der Waals surface area (Å²) in [5.41, 5.74) is 0.916. The number of benzene rings is 1. The van der Waals surface area contributed by atoms with Gasteiger partial charge < -0.3 is 4.57 Å². The van der Waals surface area contributed by atoms with Crippen LogP contribution in [0.2, 0.25) is 0 Å². The van der Waals surface area contributed by atoms with Gasteiger partial charge in [0.2, 0.25) is 0 Å². The first-order valence-corrected chi connectivity index (χ1v) is 4.42. The monoisotopic (exact) mass is 201 g/mol. The van der Waals surface area contributed by atoms with E-state index < -0.39 is 5.82 Å². The molecule has 15 heavy (non-hydrogen) atoms. The van der Waals surface area contributed by atoms with Crippen LogP contribution in [0.3, 0.4) is 0 Å². The number of hydrogen-bond acceptors (Lipinski definition) is 2. The molecule has 0 fully saturated rings. The van der Waals surface area contributed by atoms with Crippen molar-refractivity contribution in [2.45, 2.75) is 6.92 Å². The van der Waals surface area contributed by atoms with Crippen LogP contribution >= 0.6 is 0 Å². The molecular weight excluding hydrogens is 193 g/mol. The molecule has 1 heterocycles. The van der Waals surface area contributed by atoms with E-state index in [0.717, 1.165) is 5.82 Å². The zero-order valence-electron chi connectivity index (χ0n) is 8.11. The molecule has 2 aromatic rings. The van der Waals surface area contributed by atoms with Crippen LogP contribution in [-0.2, 0) is 0 Å². The van der Waals surface area contributed by atoms with Crippen molar-refractivity contribution in [1.29, 1.82) is 5.26 Å². The lowest BCUT2D eigenvalue weighted by Gasteiger charge is -2.05. The van der Waals surface area contributed by atoms with Crippen LogP contribution in [0.25, 0.3) is 5.69 Å². The number of nitrogens with zero attached hydrogens (tertiary/aromatic N) is 3. The van der Waals surface area contributed by atoms with E-state index >= 15 is 0 Å². The average molecular weight is 201 g/mol. The Bertz CT molecular complexity index is 537. The molecule has 0 aliphatic rings. The summed E-state index contributed by atoms with van der Waals surface area (Å²) in [6.45, 7) is 1.82. The molecule has 0 atom stereocenters. The van der Waals surface area contributed by atoms with E-state index in [1.54, 1.807) is 23.0 Å². The van der Waals surface area contributed by atoms with Gasteiger partial charge in [0, 0.05) is 12.4 Å². The van der Waals surface area contributed by atoms with E-state index in [1.165, 1.54) is 12.1 Å². The Kier molecular flexibility index (Phi) is 2.22. The second-order valence-corrected chi connectivity index (χ2v) is 3.15. The highest BCUT2D eigenvalue weighted by molar-refractivity contribution is 5.42. The van der Waals surface area contributed by atoms with E-state index in [2.05, 4.69) is 4.98 Å². The van der Waals surface area contributed by atoms with Gasteiger partial charge >= 0.3 is 0 Å². The minimum absolute atomic E-state index is 0.304. The molecule has 1 aromatic carbocycles. The lowest BCUT2D eigenvalue weighted by molar-refractivity contribution is 0.626. The van der Waals surface area contributed by atoms with Crippen molar-refractivity contribution in [2.75, 3.05) is 0 Å². The number of halogens is 1. The van der Waals surface area contributed by atoms with Gasteiger partial charge in [-0.2, -0.15) is 5.26 Å². The van der Waals surface area contributed by atoms with Crippen molar-refractivity contribution in [1.82, 2.24) is 9.55 Å². The van der Waals surface area contributed by atoms with Crippen molar-refractivity contribution in [3.05, 3.63) is 47.8 Å². The number of nitriles is 1. The van der Waals surface area contributed by atoms with Gasteiger partial charge in [-0.05, 0) is 25.1 Å². The third kappa shape index (κ3) is 1.72. The fraction of sp³-hybridized carbons (Fsp3) is 0.0909. The predicted molar refractivity (Wildman–Crippen MR) is 53.0 cm³/mol. The predicted octanol–water partition coefficient (Wildman–Crippen LogP) is 2.19. The Labute approximate surface area is 86.4 Å². The van der Waals surface area contributed by atoms with Crippen LogP contribution < -0.4 is 0 Å². The molecule has 0 saturated heterocycles. The van der Waals surface area contributed by atoms with Gasteiger partial charge in [0.05, 0.1) is 17.3 Å². The maximum atomic E-state index is 13.2. The second-order valence-electron chi connectivity index (χ2n) is 3.15. The van der Waals surface area contributed by atoms with Crippen LogP contribution in [0.1, 0.15) is 11.4 Å². The van der Waals surface area contributed by atoms with Crippen molar-refractivity contribution in [2.24, 2.45) is 0 Å². The SMILES string of the molecule is Cc1nccn1-c1cc(F)cc(C#N)c1. The summed E-state index contributed by atoms with van der Waals surface area (Å²) in [5.74, 6) is 0.335. The molecule has 0 unspecified atom stereocenters. The summed E-state index contributed by atoms with van der Waals surface area (Å²) in [5, 5.41) is 8.71. The minimum Gasteiger partial charge on any atom is -0.304 e. The Hall–Kier alpha value is -2.15. The molecule has 74 valence electrons. The first-order valence-electron chi connectivity index (χ1n) is 4.42. The van der Waals surface area contributed by atoms with Crippen molar-refractivity contribution < 1.29 is 4.39 Å². The molecule has 0 radical (unpaired) electrons. The molecule has 4 heteroatoms. The van der Waals surface area contributed by atoms with Crippen molar-refractivity contribution in [3.8, 4) is 11.8 Å². The van der Waals surface area contributed by atoms with Gasteiger partial charge in [0.1, 0.15) is 11.6 Å². The maximum absolute atomic E-state index is 13.2. The summed E-state index contributed by atoms with van der Waals surface area (Å²) in [4.78, 5) is 4.04. The van der Waals surface area contributed by atoms with Gasteiger partial charge in [-0.25, -0.2) is 9.37 Å². The first-order chi connectivity index (χ1) is 7.20. The van der Waals surface area contributed by atoms with Crippen LogP contribution in [0.15, 0.2) is 30.6 Å². The number of imidazole rings is 1. The Morgan fingerprint density at radius 2 is 2.20 bits per heavy atom. The average Bonchev–Trinajstić information content (AvgIpc) is 2.63. The number of aromatic nitrogens is 2. The Balaban J connectivity index is 2.59. The summed E-state index contributed by atoms with van der Waals surface area (Å²) in [7, 11) is 0. The normalized spacial score (nSPS) is 9.93. The van der Waals surface area contributed by atoms with Crippen molar-refractivity contribution >= 4 is 0 Å². The van der Waals surface area contributed by atoms with Gasteiger partial charge in [-0.15, -0.1) is 0 Å². The van der Waals surface area contributed by atoms with Crippen LogP contribution in [0.4, 0.5) is 4.39 Å². The number of rotatable bonds is 1. The third-order valence-corrected chi connectivity index (χ3v) is 2.12. The fourth-order valence-electron chi connectivity index (χ4n) is 1.43. The molecule has 0 saturated carbocycles. The summed E-state index contributed by atoms with van der Waals surface area (Å²) >= 11 is 0.